The van der Waals surface area contributed by atoms with Crippen LogP contribution in [0.4, 0.5) is 4.39 Å². The summed E-state index contributed by atoms with van der Waals surface area (Å²) in [7, 11) is 0. The van der Waals surface area contributed by atoms with Crippen molar-refractivity contribution >= 4 is 17.5 Å². The van der Waals surface area contributed by atoms with Crippen molar-refractivity contribution < 1.29 is 9.18 Å². The van der Waals surface area contributed by atoms with Crippen molar-refractivity contribution in [2.24, 2.45) is 5.73 Å². The Bertz CT molecular complexity index is 382. The number of amides is 1. The maximum atomic E-state index is 13.1. The fourth-order valence-corrected chi connectivity index (χ4v) is 1.29. The fraction of sp³-hybridized carbons (Fsp3) is 0.364. The van der Waals surface area contributed by atoms with Gasteiger partial charge in [-0.15, -0.1) is 0 Å². The van der Waals surface area contributed by atoms with Crippen molar-refractivity contribution in [3.05, 3.63) is 34.6 Å². The molecular formula is C11H14ClFN2O. The van der Waals surface area contributed by atoms with Crippen molar-refractivity contribution in [2.45, 2.75) is 19.4 Å². The third-order valence-corrected chi connectivity index (χ3v) is 2.28. The van der Waals surface area contributed by atoms with Crippen molar-refractivity contribution in [1.29, 1.82) is 0 Å². The quantitative estimate of drug-likeness (QED) is 0.843. The summed E-state index contributed by atoms with van der Waals surface area (Å²) in [5.41, 5.74) is 6.07. The number of carbonyl (C=O) groups is 1. The second-order valence-corrected chi connectivity index (χ2v) is 4.11. The molecule has 0 aliphatic heterocycles. The molecule has 1 rings (SSSR count). The van der Waals surface area contributed by atoms with E-state index in [1.807, 2.05) is 0 Å². The molecule has 3 nitrogen and oxygen atoms in total. The predicted molar refractivity (Wildman–Crippen MR) is 61.8 cm³/mol. The minimum Gasteiger partial charge on any atom is -0.354 e. The van der Waals surface area contributed by atoms with E-state index >= 15 is 0 Å². The average Bonchev–Trinajstić information content (AvgIpc) is 2.21. The van der Waals surface area contributed by atoms with Gasteiger partial charge in [-0.2, -0.15) is 0 Å². The molecule has 0 saturated carbocycles. The van der Waals surface area contributed by atoms with E-state index in [-0.39, 0.29) is 23.4 Å². The first-order chi connectivity index (χ1) is 7.49. The zero-order chi connectivity index (χ0) is 12.1. The number of hydrogen-bond acceptors (Lipinski definition) is 2. The molecule has 0 saturated heterocycles. The van der Waals surface area contributed by atoms with E-state index in [4.69, 9.17) is 17.3 Å². The minimum absolute atomic E-state index is 0.0553. The van der Waals surface area contributed by atoms with Gasteiger partial charge in [0.25, 0.3) is 0 Å². The van der Waals surface area contributed by atoms with E-state index < -0.39 is 5.82 Å². The number of nitrogens with one attached hydrogen (secondary N) is 1. The summed E-state index contributed by atoms with van der Waals surface area (Å²) in [6.45, 7) is 2.21. The number of carbonyl (C=O) groups excluding carboxylic acids is 1. The summed E-state index contributed by atoms with van der Waals surface area (Å²) in [4.78, 5) is 11.4. The minimum atomic E-state index is -0.515. The van der Waals surface area contributed by atoms with Crippen LogP contribution in [-0.4, -0.2) is 18.5 Å². The summed E-state index contributed by atoms with van der Waals surface area (Å²) >= 11 is 5.53. The first-order valence-corrected chi connectivity index (χ1v) is 5.33. The van der Waals surface area contributed by atoms with E-state index in [1.165, 1.54) is 12.1 Å². The maximum absolute atomic E-state index is 13.1. The largest absolute Gasteiger partial charge is 0.354 e. The molecule has 1 atom stereocenters. The highest BCUT2D eigenvalue weighted by atomic mass is 35.5. The highest BCUT2D eigenvalue weighted by Gasteiger charge is 2.06. The summed E-state index contributed by atoms with van der Waals surface area (Å²) < 4.78 is 13.1. The molecular weight excluding hydrogens is 231 g/mol. The lowest BCUT2D eigenvalue weighted by Crippen LogP contribution is -2.35. The average molecular weight is 245 g/mol. The monoisotopic (exact) mass is 244 g/mol. The van der Waals surface area contributed by atoms with E-state index in [0.717, 1.165) is 0 Å². The number of halogens is 2. The highest BCUT2D eigenvalue weighted by Crippen LogP contribution is 2.15. The van der Waals surface area contributed by atoms with Crippen LogP contribution >= 0.6 is 11.6 Å². The van der Waals surface area contributed by atoms with Crippen LogP contribution in [0.15, 0.2) is 18.2 Å². The van der Waals surface area contributed by atoms with Gasteiger partial charge in [0.05, 0.1) is 11.4 Å². The van der Waals surface area contributed by atoms with Crippen LogP contribution in [0.2, 0.25) is 5.02 Å². The van der Waals surface area contributed by atoms with Crippen LogP contribution in [0.5, 0.6) is 0 Å². The third-order valence-electron chi connectivity index (χ3n) is 1.97. The molecule has 0 fully saturated rings. The van der Waals surface area contributed by atoms with E-state index in [9.17, 15) is 9.18 Å². The van der Waals surface area contributed by atoms with Gasteiger partial charge in [0.2, 0.25) is 5.91 Å². The topological polar surface area (TPSA) is 55.1 Å². The van der Waals surface area contributed by atoms with Gasteiger partial charge < -0.3 is 11.1 Å². The maximum Gasteiger partial charge on any atom is 0.224 e. The van der Waals surface area contributed by atoms with E-state index in [0.29, 0.717) is 12.1 Å². The summed E-state index contributed by atoms with van der Waals surface area (Å²) in [5, 5.41) is 2.70. The fourth-order valence-electron chi connectivity index (χ4n) is 1.17. The molecule has 0 aliphatic carbocycles. The van der Waals surface area contributed by atoms with E-state index in [2.05, 4.69) is 5.32 Å². The molecule has 1 unspecified atom stereocenters. The Morgan fingerprint density at radius 2 is 2.31 bits per heavy atom. The molecule has 0 aromatic heterocycles. The zero-order valence-corrected chi connectivity index (χ0v) is 9.72. The van der Waals surface area contributed by atoms with Gasteiger partial charge >= 0.3 is 0 Å². The second-order valence-electron chi connectivity index (χ2n) is 3.71. The lowest BCUT2D eigenvalue weighted by atomic mass is 10.1. The Balaban J connectivity index is 2.53. The SMILES string of the molecule is CC(N)CNC(=O)Cc1ccc(Cl)c(F)c1. The van der Waals surface area contributed by atoms with Crippen molar-refractivity contribution in [3.8, 4) is 0 Å². The van der Waals surface area contributed by atoms with Crippen LogP contribution in [0, 0.1) is 5.82 Å². The molecule has 16 heavy (non-hydrogen) atoms. The van der Waals surface area contributed by atoms with Crippen LogP contribution in [0.3, 0.4) is 0 Å². The van der Waals surface area contributed by atoms with Gasteiger partial charge in [0.1, 0.15) is 5.82 Å². The highest BCUT2D eigenvalue weighted by molar-refractivity contribution is 6.30. The molecule has 3 N–H and O–H groups in total. The smallest absolute Gasteiger partial charge is 0.224 e. The summed E-state index contributed by atoms with van der Waals surface area (Å²) in [6.07, 6.45) is 0.126. The van der Waals surface area contributed by atoms with Crippen LogP contribution in [-0.2, 0) is 11.2 Å². The van der Waals surface area contributed by atoms with Crippen molar-refractivity contribution in [2.75, 3.05) is 6.54 Å². The molecule has 1 amide bonds. The first kappa shape index (κ1) is 12.9. The molecule has 0 bridgehead atoms. The number of nitrogens with two attached hydrogens (primary N) is 1. The van der Waals surface area contributed by atoms with Crippen molar-refractivity contribution in [1.82, 2.24) is 5.32 Å². The molecule has 5 heteroatoms. The third kappa shape index (κ3) is 4.16. The Morgan fingerprint density at radius 1 is 1.62 bits per heavy atom. The van der Waals surface area contributed by atoms with Crippen molar-refractivity contribution in [3.63, 3.8) is 0 Å². The molecule has 88 valence electrons. The Kier molecular flexibility index (Phi) is 4.71. The summed E-state index contributed by atoms with van der Waals surface area (Å²) in [6, 6.07) is 4.22. The van der Waals surface area contributed by atoms with Crippen LogP contribution in [0.25, 0.3) is 0 Å². The standard InChI is InChI=1S/C11H14ClFN2O/c1-7(14)6-15-11(16)5-8-2-3-9(12)10(13)4-8/h2-4,7H,5-6,14H2,1H3,(H,15,16). The molecule has 1 aromatic carbocycles. The predicted octanol–water partition coefficient (Wildman–Crippen LogP) is 1.49. The van der Waals surface area contributed by atoms with Gasteiger partial charge in [-0.3, -0.25) is 4.79 Å². The molecule has 1 aromatic rings. The Morgan fingerprint density at radius 3 is 2.88 bits per heavy atom. The molecule has 0 heterocycles. The van der Waals surface area contributed by atoms with Gasteiger partial charge in [0.15, 0.2) is 0 Å². The first-order valence-electron chi connectivity index (χ1n) is 4.95. The van der Waals surface area contributed by atoms with Gasteiger partial charge in [-0.25, -0.2) is 4.39 Å². The molecule has 0 spiro atoms. The normalized spacial score (nSPS) is 12.2. The molecule has 0 aliphatic rings. The van der Waals surface area contributed by atoms with Gasteiger partial charge in [0, 0.05) is 12.6 Å². The van der Waals surface area contributed by atoms with Crippen LogP contribution < -0.4 is 11.1 Å². The van der Waals surface area contributed by atoms with Crippen LogP contribution in [0.1, 0.15) is 12.5 Å². The number of rotatable bonds is 4. The van der Waals surface area contributed by atoms with E-state index in [1.54, 1.807) is 13.0 Å². The second kappa shape index (κ2) is 5.82. The Hall–Kier alpha value is -1.13. The Labute approximate surface area is 98.8 Å². The van der Waals surface area contributed by atoms with Gasteiger partial charge in [-0.05, 0) is 24.6 Å². The summed E-state index contributed by atoms with van der Waals surface area (Å²) in [5.74, 6) is -0.696. The molecule has 0 radical (unpaired) electrons. The van der Waals surface area contributed by atoms with Gasteiger partial charge in [-0.1, -0.05) is 17.7 Å². The zero-order valence-electron chi connectivity index (χ0n) is 8.97. The number of benzene rings is 1. The lowest BCUT2D eigenvalue weighted by Gasteiger charge is -2.07. The number of hydrogen-bond donors (Lipinski definition) is 2. The lowest BCUT2D eigenvalue weighted by molar-refractivity contribution is -0.120.